The molecular formula is C16H10N2O2. The van der Waals surface area contributed by atoms with Gasteiger partial charge in [0.25, 0.3) is 0 Å². The van der Waals surface area contributed by atoms with Crippen LogP contribution in [0.4, 0.5) is 5.69 Å². The van der Waals surface area contributed by atoms with E-state index >= 15 is 0 Å². The van der Waals surface area contributed by atoms with E-state index in [0.717, 1.165) is 33.3 Å². The Morgan fingerprint density at radius 3 is 2.95 bits per heavy atom. The number of aliphatic imine (C=N–C) groups is 1. The van der Waals surface area contributed by atoms with Crippen LogP contribution in [0.3, 0.4) is 0 Å². The molecule has 0 spiro atoms. The van der Waals surface area contributed by atoms with Crippen molar-refractivity contribution in [3.05, 3.63) is 46.1 Å². The molecule has 4 rings (SSSR count). The number of aromatic nitrogens is 1. The van der Waals surface area contributed by atoms with Crippen molar-refractivity contribution >= 4 is 40.8 Å². The van der Waals surface area contributed by atoms with Crippen LogP contribution in [-0.4, -0.2) is 22.3 Å². The maximum Gasteiger partial charge on any atom is 0.354 e. The van der Waals surface area contributed by atoms with Gasteiger partial charge >= 0.3 is 5.97 Å². The average molecular weight is 262 g/mol. The van der Waals surface area contributed by atoms with Gasteiger partial charge in [-0.2, -0.15) is 0 Å². The van der Waals surface area contributed by atoms with Gasteiger partial charge in [0.1, 0.15) is 5.69 Å². The van der Waals surface area contributed by atoms with Crippen LogP contribution in [0.15, 0.2) is 29.4 Å². The number of carboxylic acids is 1. The highest BCUT2D eigenvalue weighted by Crippen LogP contribution is 2.26. The molecule has 1 aliphatic carbocycles. The lowest BCUT2D eigenvalue weighted by Gasteiger charge is -2.11. The fraction of sp³-hybridized carbons (Fsp3) is 0.0625. The monoisotopic (exact) mass is 262 g/mol. The average Bonchev–Trinajstić information content (AvgIpc) is 2.96. The zero-order chi connectivity index (χ0) is 13.7. The fourth-order valence-corrected chi connectivity index (χ4v) is 2.84. The van der Waals surface area contributed by atoms with Crippen LogP contribution >= 0.6 is 0 Å². The van der Waals surface area contributed by atoms with Gasteiger partial charge < -0.3 is 5.11 Å². The highest BCUT2D eigenvalue weighted by Gasteiger charge is 2.16. The van der Waals surface area contributed by atoms with E-state index in [1.54, 1.807) is 18.5 Å². The van der Waals surface area contributed by atoms with Gasteiger partial charge in [-0.3, -0.25) is 4.99 Å². The molecule has 2 aliphatic rings. The Kier molecular flexibility index (Phi) is 2.15. The molecule has 0 unspecified atom stereocenters. The fourth-order valence-electron chi connectivity index (χ4n) is 2.84. The summed E-state index contributed by atoms with van der Waals surface area (Å²) >= 11 is 0. The van der Waals surface area contributed by atoms with Crippen molar-refractivity contribution in [2.75, 3.05) is 0 Å². The molecule has 4 nitrogen and oxygen atoms in total. The van der Waals surface area contributed by atoms with Crippen LogP contribution < -0.4 is 10.4 Å². The third-order valence-electron chi connectivity index (χ3n) is 3.74. The molecule has 1 aromatic heterocycles. The molecule has 96 valence electrons. The first-order chi connectivity index (χ1) is 9.75. The van der Waals surface area contributed by atoms with E-state index in [2.05, 4.69) is 22.1 Å². The standard InChI is InChI=1S/C16H10N2O2/c19-16(20)14-7-12-13(8-18-14)10-4-2-1-3-9(10)11-5-6-17-15(11)12/h1-3,5-8H,4H2,(H,19,20). The van der Waals surface area contributed by atoms with E-state index < -0.39 is 5.97 Å². The summed E-state index contributed by atoms with van der Waals surface area (Å²) in [5.41, 5.74) is 2.08. The summed E-state index contributed by atoms with van der Waals surface area (Å²) in [5.74, 6) is -1.02. The first-order valence-corrected chi connectivity index (χ1v) is 6.35. The van der Waals surface area contributed by atoms with Crippen LogP contribution in [-0.2, 0) is 6.42 Å². The van der Waals surface area contributed by atoms with Crippen molar-refractivity contribution in [3.63, 3.8) is 0 Å². The number of nitrogens with zero attached hydrogens (tertiary/aromatic N) is 2. The first kappa shape index (κ1) is 11.1. The van der Waals surface area contributed by atoms with Gasteiger partial charge in [0.05, 0.1) is 5.69 Å². The van der Waals surface area contributed by atoms with Crippen molar-refractivity contribution in [3.8, 4) is 0 Å². The van der Waals surface area contributed by atoms with Crippen LogP contribution in [0.5, 0.6) is 0 Å². The maximum atomic E-state index is 11.1. The molecule has 0 radical (unpaired) electrons. The van der Waals surface area contributed by atoms with Crippen molar-refractivity contribution in [2.45, 2.75) is 6.42 Å². The number of aromatic carboxylic acids is 1. The van der Waals surface area contributed by atoms with Gasteiger partial charge in [0, 0.05) is 28.4 Å². The predicted octanol–water partition coefficient (Wildman–Crippen LogP) is 1.32. The zero-order valence-corrected chi connectivity index (χ0v) is 10.5. The van der Waals surface area contributed by atoms with Gasteiger partial charge in [-0.15, -0.1) is 0 Å². The molecule has 0 amide bonds. The predicted molar refractivity (Wildman–Crippen MR) is 77.9 cm³/mol. The quantitative estimate of drug-likeness (QED) is 0.843. The van der Waals surface area contributed by atoms with Gasteiger partial charge in [0.2, 0.25) is 0 Å². The number of hydrogen-bond acceptors (Lipinski definition) is 3. The Morgan fingerprint density at radius 1 is 1.20 bits per heavy atom. The molecule has 4 heteroatoms. The van der Waals surface area contributed by atoms with Crippen molar-refractivity contribution in [1.29, 1.82) is 0 Å². The molecule has 0 saturated carbocycles. The second-order valence-electron chi connectivity index (χ2n) is 4.82. The second-order valence-corrected chi connectivity index (χ2v) is 4.82. The number of carboxylic acid groups (broad SMARTS) is 1. The van der Waals surface area contributed by atoms with Gasteiger partial charge in [-0.05, 0) is 29.3 Å². The smallest absolute Gasteiger partial charge is 0.354 e. The lowest BCUT2D eigenvalue weighted by atomic mass is 9.95. The van der Waals surface area contributed by atoms with Gasteiger partial charge in [0.15, 0.2) is 0 Å². The summed E-state index contributed by atoms with van der Waals surface area (Å²) in [4.78, 5) is 19.5. The Hall–Kier alpha value is -2.75. The highest BCUT2D eigenvalue weighted by atomic mass is 16.4. The summed E-state index contributed by atoms with van der Waals surface area (Å²) in [6.07, 6.45) is 12.4. The Bertz CT molecular complexity index is 953. The number of pyridine rings is 1. The molecule has 0 fully saturated rings. The molecule has 2 aromatic rings. The highest BCUT2D eigenvalue weighted by molar-refractivity contribution is 6.06. The molecule has 0 saturated heterocycles. The summed E-state index contributed by atoms with van der Waals surface area (Å²) in [6.45, 7) is 0. The lowest BCUT2D eigenvalue weighted by Crippen LogP contribution is -2.29. The molecule has 20 heavy (non-hydrogen) atoms. The van der Waals surface area contributed by atoms with Crippen LogP contribution in [0.2, 0.25) is 0 Å². The molecule has 0 atom stereocenters. The van der Waals surface area contributed by atoms with E-state index in [0.29, 0.717) is 0 Å². The summed E-state index contributed by atoms with van der Waals surface area (Å²) in [7, 11) is 0. The van der Waals surface area contributed by atoms with E-state index in [9.17, 15) is 4.79 Å². The van der Waals surface area contributed by atoms with Crippen LogP contribution in [0.25, 0.3) is 22.9 Å². The minimum atomic E-state index is -1.02. The van der Waals surface area contributed by atoms with Gasteiger partial charge in [-0.1, -0.05) is 18.2 Å². The van der Waals surface area contributed by atoms with Crippen molar-refractivity contribution < 1.29 is 9.90 Å². The summed E-state index contributed by atoms with van der Waals surface area (Å²) in [5, 5.41) is 13.2. The van der Waals surface area contributed by atoms with E-state index in [-0.39, 0.29) is 5.69 Å². The molecule has 1 aromatic carbocycles. The number of rotatable bonds is 1. The van der Waals surface area contributed by atoms with E-state index in [4.69, 9.17) is 5.11 Å². The SMILES string of the molecule is O=C(O)c1cc2c3c(c4c(c2cn1)CC=CC=4)=CC=N3. The number of allylic oxidation sites excluding steroid dienone is 2. The van der Waals surface area contributed by atoms with Crippen LogP contribution in [0, 0.1) is 0 Å². The molecule has 1 aliphatic heterocycles. The number of carbonyl (C=O) groups is 1. The normalized spacial score (nSPS) is 14.6. The summed E-state index contributed by atoms with van der Waals surface area (Å²) < 4.78 is 0. The van der Waals surface area contributed by atoms with Crippen LogP contribution in [0.1, 0.15) is 16.1 Å². The Balaban J connectivity index is 2.24. The third-order valence-corrected chi connectivity index (χ3v) is 3.74. The lowest BCUT2D eigenvalue weighted by molar-refractivity contribution is 0.0690. The number of benzene rings is 1. The molecular weight excluding hydrogens is 252 g/mol. The maximum absolute atomic E-state index is 11.1. The Labute approximate surface area is 114 Å². The first-order valence-electron chi connectivity index (χ1n) is 6.35. The van der Waals surface area contributed by atoms with E-state index in [1.807, 2.05) is 12.2 Å². The molecule has 1 N–H and O–H groups in total. The van der Waals surface area contributed by atoms with Crippen molar-refractivity contribution in [1.82, 2.24) is 4.98 Å². The molecule has 0 bridgehead atoms. The number of hydrogen-bond donors (Lipinski definition) is 1. The topological polar surface area (TPSA) is 62.5 Å². The Morgan fingerprint density at radius 2 is 2.10 bits per heavy atom. The van der Waals surface area contributed by atoms with Gasteiger partial charge in [-0.25, -0.2) is 9.78 Å². The zero-order valence-electron chi connectivity index (χ0n) is 10.5. The largest absolute Gasteiger partial charge is 0.477 e. The third kappa shape index (κ3) is 1.39. The molecule has 2 heterocycles. The number of fused-ring (bicyclic) bond motifs is 6. The van der Waals surface area contributed by atoms with Crippen molar-refractivity contribution in [2.24, 2.45) is 4.99 Å². The summed E-state index contributed by atoms with van der Waals surface area (Å²) in [6, 6.07) is 1.62. The minimum absolute atomic E-state index is 0.0529. The second kappa shape index (κ2) is 3.87. The van der Waals surface area contributed by atoms with E-state index in [1.165, 1.54) is 5.56 Å². The minimum Gasteiger partial charge on any atom is -0.477 e.